The number of hydrogen-bond acceptors (Lipinski definition) is 5. The number of nitrogens with two attached hydrogens (primary N) is 1. The van der Waals surface area contributed by atoms with Crippen molar-refractivity contribution in [2.45, 2.75) is 6.54 Å². The summed E-state index contributed by atoms with van der Waals surface area (Å²) in [7, 11) is 3.20. The van der Waals surface area contributed by atoms with E-state index in [-0.39, 0.29) is 12.5 Å². The highest BCUT2D eigenvalue weighted by atomic mass is 79.9. The number of benzene rings is 1. The normalized spacial score (nSPS) is 10.3. The van der Waals surface area contributed by atoms with Gasteiger partial charge in [-0.05, 0) is 40.2 Å². The van der Waals surface area contributed by atoms with Gasteiger partial charge in [-0.25, -0.2) is 0 Å². The van der Waals surface area contributed by atoms with Gasteiger partial charge in [0.05, 0.1) is 13.7 Å². The van der Waals surface area contributed by atoms with E-state index in [0.717, 1.165) is 9.35 Å². The number of nitrogens with zero attached hydrogens (tertiary/aromatic N) is 1. The third-order valence-corrected chi connectivity index (χ3v) is 4.82. The van der Waals surface area contributed by atoms with Gasteiger partial charge in [0, 0.05) is 27.3 Å². The Morgan fingerprint density at radius 2 is 2.04 bits per heavy atom. The Hall–Kier alpha value is -2.06. The molecule has 1 aromatic carbocycles. The molecule has 0 radical (unpaired) electrons. The number of primary amides is 1. The number of methoxy groups -OCH3 is 1. The molecule has 2 N–H and O–H groups in total. The van der Waals surface area contributed by atoms with Crippen LogP contribution < -0.4 is 15.2 Å². The highest BCUT2D eigenvalue weighted by Crippen LogP contribution is 2.29. The topological polar surface area (TPSA) is 81.9 Å². The van der Waals surface area contributed by atoms with Gasteiger partial charge in [0.1, 0.15) is 0 Å². The number of thiophene rings is 1. The zero-order valence-corrected chi connectivity index (χ0v) is 15.6. The molecule has 0 bridgehead atoms. The summed E-state index contributed by atoms with van der Waals surface area (Å²) in [5.74, 6) is 0.00498. The number of halogens is 1. The van der Waals surface area contributed by atoms with E-state index >= 15 is 0 Å². The molecule has 2 aromatic rings. The molecule has 24 heavy (non-hydrogen) atoms. The standard InChI is InChI=1S/C16H17BrN2O4S/c1-19(7-12-6-11(17)9-24-12)16(21)10-3-4-13(14(5-10)22-2)23-8-15(18)20/h3-6,9H,7-8H2,1-2H3,(H2,18,20). The number of hydrogen-bond donors (Lipinski definition) is 1. The van der Waals surface area contributed by atoms with Crippen LogP contribution in [0.3, 0.4) is 0 Å². The lowest BCUT2D eigenvalue weighted by molar-refractivity contribution is -0.119. The van der Waals surface area contributed by atoms with Crippen molar-refractivity contribution in [2.24, 2.45) is 5.73 Å². The number of carbonyl (C=O) groups excluding carboxylic acids is 2. The van der Waals surface area contributed by atoms with Crippen molar-refractivity contribution in [3.63, 3.8) is 0 Å². The molecule has 6 nitrogen and oxygen atoms in total. The molecule has 8 heteroatoms. The van der Waals surface area contributed by atoms with Crippen molar-refractivity contribution >= 4 is 39.1 Å². The van der Waals surface area contributed by atoms with Crippen LogP contribution in [0.5, 0.6) is 11.5 Å². The maximum Gasteiger partial charge on any atom is 0.255 e. The Morgan fingerprint density at radius 3 is 2.62 bits per heavy atom. The molecular formula is C16H17BrN2O4S. The van der Waals surface area contributed by atoms with Crippen molar-refractivity contribution in [1.82, 2.24) is 4.90 Å². The van der Waals surface area contributed by atoms with E-state index in [4.69, 9.17) is 15.2 Å². The predicted octanol–water partition coefficient (Wildman–Crippen LogP) is 2.66. The van der Waals surface area contributed by atoms with Crippen molar-refractivity contribution in [3.05, 3.63) is 44.6 Å². The molecule has 0 aliphatic rings. The quantitative estimate of drug-likeness (QED) is 0.757. The number of rotatable bonds is 7. The molecule has 0 unspecified atom stereocenters. The molecule has 0 fully saturated rings. The van der Waals surface area contributed by atoms with Gasteiger partial charge in [-0.3, -0.25) is 9.59 Å². The maximum absolute atomic E-state index is 12.5. The van der Waals surface area contributed by atoms with Crippen molar-refractivity contribution in [3.8, 4) is 11.5 Å². The Bertz CT molecular complexity index is 747. The first-order valence-corrected chi connectivity index (χ1v) is 8.65. The summed E-state index contributed by atoms with van der Waals surface area (Å²) < 4.78 is 11.5. The number of carbonyl (C=O) groups is 2. The van der Waals surface area contributed by atoms with Gasteiger partial charge in [-0.1, -0.05) is 0 Å². The van der Waals surface area contributed by atoms with E-state index in [2.05, 4.69) is 15.9 Å². The average Bonchev–Trinajstić information content (AvgIpc) is 2.96. The van der Waals surface area contributed by atoms with Crippen molar-refractivity contribution in [1.29, 1.82) is 0 Å². The molecule has 0 saturated carbocycles. The first-order chi connectivity index (χ1) is 11.4. The molecule has 1 heterocycles. The maximum atomic E-state index is 12.5. The fourth-order valence-corrected chi connectivity index (χ4v) is 3.53. The summed E-state index contributed by atoms with van der Waals surface area (Å²) >= 11 is 4.98. The van der Waals surface area contributed by atoms with Crippen LogP contribution in [-0.2, 0) is 11.3 Å². The van der Waals surface area contributed by atoms with Gasteiger partial charge in [0.15, 0.2) is 18.1 Å². The smallest absolute Gasteiger partial charge is 0.255 e. The lowest BCUT2D eigenvalue weighted by Gasteiger charge is -2.17. The summed E-state index contributed by atoms with van der Waals surface area (Å²) in [4.78, 5) is 26.1. The molecule has 128 valence electrons. The first kappa shape index (κ1) is 18.3. The van der Waals surface area contributed by atoms with Gasteiger partial charge in [0.2, 0.25) is 0 Å². The largest absolute Gasteiger partial charge is 0.493 e. The fourth-order valence-electron chi connectivity index (χ4n) is 2.03. The second-order valence-corrected chi connectivity index (χ2v) is 6.92. The second kappa shape index (κ2) is 8.16. The van der Waals surface area contributed by atoms with Gasteiger partial charge in [0.25, 0.3) is 11.8 Å². The second-order valence-electron chi connectivity index (χ2n) is 5.01. The lowest BCUT2D eigenvalue weighted by atomic mass is 10.1. The molecule has 0 saturated heterocycles. The van der Waals surface area contributed by atoms with Gasteiger partial charge >= 0.3 is 0 Å². The van der Waals surface area contributed by atoms with Crippen LogP contribution >= 0.6 is 27.3 Å². The van der Waals surface area contributed by atoms with E-state index in [1.54, 1.807) is 41.5 Å². The van der Waals surface area contributed by atoms with E-state index in [9.17, 15) is 9.59 Å². The molecule has 0 spiro atoms. The van der Waals surface area contributed by atoms with Crippen LogP contribution in [0.2, 0.25) is 0 Å². The molecule has 0 aliphatic carbocycles. The van der Waals surface area contributed by atoms with E-state index in [1.165, 1.54) is 7.11 Å². The molecule has 2 amide bonds. The van der Waals surface area contributed by atoms with E-state index in [1.807, 2.05) is 11.4 Å². The van der Waals surface area contributed by atoms with Crippen molar-refractivity contribution in [2.75, 3.05) is 20.8 Å². The van der Waals surface area contributed by atoms with Gasteiger partial charge < -0.3 is 20.1 Å². The molecule has 0 atom stereocenters. The molecule has 0 aliphatic heterocycles. The Kier molecular flexibility index (Phi) is 6.22. The van der Waals surface area contributed by atoms with Gasteiger partial charge in [-0.15, -0.1) is 11.3 Å². The summed E-state index contributed by atoms with van der Waals surface area (Å²) in [6.45, 7) is 0.258. The summed E-state index contributed by atoms with van der Waals surface area (Å²) in [5, 5.41) is 1.97. The predicted molar refractivity (Wildman–Crippen MR) is 95.5 cm³/mol. The minimum Gasteiger partial charge on any atom is -0.493 e. The fraction of sp³-hybridized carbons (Fsp3) is 0.250. The van der Waals surface area contributed by atoms with Crippen molar-refractivity contribution < 1.29 is 19.1 Å². The third kappa shape index (κ3) is 4.72. The van der Waals surface area contributed by atoms with E-state index < -0.39 is 5.91 Å². The van der Waals surface area contributed by atoms with Crippen LogP contribution in [0.1, 0.15) is 15.2 Å². The Balaban J connectivity index is 2.12. The Labute approximate surface area is 152 Å². The third-order valence-electron chi connectivity index (χ3n) is 3.14. The molecule has 1 aromatic heterocycles. The highest BCUT2D eigenvalue weighted by Gasteiger charge is 2.16. The molecular weight excluding hydrogens is 396 g/mol. The average molecular weight is 413 g/mol. The van der Waals surface area contributed by atoms with E-state index in [0.29, 0.717) is 23.6 Å². The van der Waals surface area contributed by atoms with Crippen LogP contribution in [0.4, 0.5) is 0 Å². The minimum atomic E-state index is -0.584. The van der Waals surface area contributed by atoms with Crippen LogP contribution in [0.15, 0.2) is 34.1 Å². The van der Waals surface area contributed by atoms with Crippen LogP contribution in [0.25, 0.3) is 0 Å². The molecule has 2 rings (SSSR count). The summed E-state index contributed by atoms with van der Waals surface area (Å²) in [6, 6.07) is 6.78. The zero-order valence-electron chi connectivity index (χ0n) is 13.2. The Morgan fingerprint density at radius 1 is 1.29 bits per heavy atom. The first-order valence-electron chi connectivity index (χ1n) is 6.98. The number of ether oxygens (including phenoxy) is 2. The zero-order chi connectivity index (χ0) is 17.7. The summed E-state index contributed by atoms with van der Waals surface area (Å²) in [5.41, 5.74) is 5.53. The summed E-state index contributed by atoms with van der Waals surface area (Å²) in [6.07, 6.45) is 0. The van der Waals surface area contributed by atoms with Crippen LogP contribution in [-0.4, -0.2) is 37.5 Å². The lowest BCUT2D eigenvalue weighted by Crippen LogP contribution is -2.26. The van der Waals surface area contributed by atoms with Gasteiger partial charge in [-0.2, -0.15) is 0 Å². The van der Waals surface area contributed by atoms with Crippen LogP contribution in [0, 0.1) is 0 Å². The number of amides is 2. The minimum absolute atomic E-state index is 0.140. The monoisotopic (exact) mass is 412 g/mol. The SMILES string of the molecule is COc1cc(C(=O)N(C)Cc2cc(Br)cs2)ccc1OCC(N)=O. The highest BCUT2D eigenvalue weighted by molar-refractivity contribution is 9.10.